The molecule has 0 heterocycles. The van der Waals surface area contributed by atoms with Crippen molar-refractivity contribution in [2.75, 3.05) is 0 Å². The molecule has 2 aromatic rings. The molecular formula is C12H11ClFNO. The van der Waals surface area contributed by atoms with Gasteiger partial charge in [-0.2, -0.15) is 0 Å². The Kier molecular flexibility index (Phi) is 3.10. The summed E-state index contributed by atoms with van der Waals surface area (Å²) in [7, 11) is 0. The molecule has 2 aromatic carbocycles. The molecule has 2 N–H and O–H groups in total. The Bertz CT molecular complexity index is 542. The van der Waals surface area contributed by atoms with E-state index < -0.39 is 5.82 Å². The zero-order valence-electron chi connectivity index (χ0n) is 8.76. The average molecular weight is 240 g/mol. The van der Waals surface area contributed by atoms with Crippen LogP contribution in [0.5, 0.6) is 0 Å². The van der Waals surface area contributed by atoms with Gasteiger partial charge >= 0.3 is 0 Å². The standard InChI is InChI=1S/C12H11ClFNO/c1-7-2-8-5-12(14)11(13)4-9(8)3-10(7)6-16-15/h2-5H,6,15H2,1H3. The van der Waals surface area contributed by atoms with Gasteiger partial charge in [-0.25, -0.2) is 10.3 Å². The molecule has 0 saturated carbocycles. The predicted octanol–water partition coefficient (Wildman–Crippen LogP) is 3.33. The molecular weight excluding hydrogens is 229 g/mol. The van der Waals surface area contributed by atoms with Crippen LogP contribution in [0.15, 0.2) is 24.3 Å². The van der Waals surface area contributed by atoms with Crippen molar-refractivity contribution in [3.63, 3.8) is 0 Å². The molecule has 2 nitrogen and oxygen atoms in total. The molecule has 0 aliphatic rings. The molecule has 0 bridgehead atoms. The summed E-state index contributed by atoms with van der Waals surface area (Å²) in [5.41, 5.74) is 1.98. The Morgan fingerprint density at radius 2 is 1.94 bits per heavy atom. The third kappa shape index (κ3) is 2.02. The van der Waals surface area contributed by atoms with E-state index in [0.29, 0.717) is 6.61 Å². The van der Waals surface area contributed by atoms with Crippen LogP contribution in [0.1, 0.15) is 11.1 Å². The number of aryl methyl sites for hydroxylation is 1. The Morgan fingerprint density at radius 1 is 1.25 bits per heavy atom. The van der Waals surface area contributed by atoms with E-state index in [4.69, 9.17) is 17.5 Å². The first-order valence-corrected chi connectivity index (χ1v) is 5.19. The number of hydrogen-bond acceptors (Lipinski definition) is 2. The minimum Gasteiger partial charge on any atom is -0.300 e. The maximum Gasteiger partial charge on any atom is 0.142 e. The van der Waals surface area contributed by atoms with Crippen LogP contribution in [0.3, 0.4) is 0 Å². The van der Waals surface area contributed by atoms with Crippen molar-refractivity contribution in [1.82, 2.24) is 0 Å². The van der Waals surface area contributed by atoms with Crippen molar-refractivity contribution < 1.29 is 9.23 Å². The second-order valence-electron chi connectivity index (χ2n) is 3.70. The third-order valence-corrected chi connectivity index (χ3v) is 2.86. The molecule has 0 atom stereocenters. The lowest BCUT2D eigenvalue weighted by Crippen LogP contribution is -2.00. The molecule has 0 aliphatic carbocycles. The Morgan fingerprint density at radius 3 is 2.62 bits per heavy atom. The second kappa shape index (κ2) is 4.37. The van der Waals surface area contributed by atoms with Crippen LogP contribution in [-0.2, 0) is 11.4 Å². The summed E-state index contributed by atoms with van der Waals surface area (Å²) in [5.74, 6) is 4.64. The molecule has 0 radical (unpaired) electrons. The molecule has 0 aromatic heterocycles. The van der Waals surface area contributed by atoms with E-state index in [-0.39, 0.29) is 5.02 Å². The van der Waals surface area contributed by atoms with Crippen LogP contribution in [0.2, 0.25) is 5.02 Å². The van der Waals surface area contributed by atoms with Crippen molar-refractivity contribution in [2.45, 2.75) is 13.5 Å². The summed E-state index contributed by atoms with van der Waals surface area (Å²) in [5, 5.41) is 1.82. The maximum atomic E-state index is 13.3. The van der Waals surface area contributed by atoms with E-state index in [9.17, 15) is 4.39 Å². The summed E-state index contributed by atoms with van der Waals surface area (Å²) in [6, 6.07) is 6.83. The summed E-state index contributed by atoms with van der Waals surface area (Å²) >= 11 is 5.73. The number of benzene rings is 2. The maximum absolute atomic E-state index is 13.3. The highest BCUT2D eigenvalue weighted by Crippen LogP contribution is 2.25. The average Bonchev–Trinajstić information content (AvgIpc) is 2.23. The van der Waals surface area contributed by atoms with Gasteiger partial charge in [0.05, 0.1) is 11.6 Å². The van der Waals surface area contributed by atoms with Gasteiger partial charge in [0.2, 0.25) is 0 Å². The Labute approximate surface area is 97.7 Å². The van der Waals surface area contributed by atoms with Crippen LogP contribution >= 0.6 is 11.6 Å². The molecule has 2 rings (SSSR count). The zero-order chi connectivity index (χ0) is 11.7. The number of nitrogens with two attached hydrogens (primary N) is 1. The van der Waals surface area contributed by atoms with E-state index in [1.807, 2.05) is 19.1 Å². The number of rotatable bonds is 2. The second-order valence-corrected chi connectivity index (χ2v) is 4.11. The fraction of sp³-hybridized carbons (Fsp3) is 0.167. The molecule has 0 amide bonds. The van der Waals surface area contributed by atoms with Crippen LogP contribution in [-0.4, -0.2) is 0 Å². The van der Waals surface area contributed by atoms with E-state index in [1.54, 1.807) is 6.07 Å². The van der Waals surface area contributed by atoms with Gasteiger partial charge in [-0.05, 0) is 47.0 Å². The molecule has 0 spiro atoms. The predicted molar refractivity (Wildman–Crippen MR) is 62.6 cm³/mol. The minimum absolute atomic E-state index is 0.121. The van der Waals surface area contributed by atoms with Crippen LogP contribution in [0.25, 0.3) is 10.8 Å². The fourth-order valence-corrected chi connectivity index (χ4v) is 1.87. The van der Waals surface area contributed by atoms with Gasteiger partial charge in [-0.1, -0.05) is 17.7 Å². The van der Waals surface area contributed by atoms with Crippen molar-refractivity contribution in [3.8, 4) is 0 Å². The summed E-state index contributed by atoms with van der Waals surface area (Å²) < 4.78 is 13.3. The monoisotopic (exact) mass is 239 g/mol. The van der Waals surface area contributed by atoms with Gasteiger partial charge in [0.15, 0.2) is 0 Å². The van der Waals surface area contributed by atoms with Crippen molar-refractivity contribution in [3.05, 3.63) is 46.2 Å². The molecule has 4 heteroatoms. The Hall–Kier alpha value is -1.16. The molecule has 0 aliphatic heterocycles. The van der Waals surface area contributed by atoms with E-state index in [2.05, 4.69) is 4.84 Å². The molecule has 16 heavy (non-hydrogen) atoms. The topological polar surface area (TPSA) is 35.2 Å². The molecule has 0 fully saturated rings. The lowest BCUT2D eigenvalue weighted by molar-refractivity contribution is 0.124. The third-order valence-electron chi connectivity index (χ3n) is 2.57. The van der Waals surface area contributed by atoms with Gasteiger partial charge in [0.25, 0.3) is 0 Å². The first kappa shape index (κ1) is 11.3. The van der Waals surface area contributed by atoms with E-state index >= 15 is 0 Å². The van der Waals surface area contributed by atoms with E-state index in [1.165, 1.54) is 6.07 Å². The number of hydrogen-bond donors (Lipinski definition) is 1. The highest BCUT2D eigenvalue weighted by Gasteiger charge is 2.06. The Balaban J connectivity index is 2.65. The lowest BCUT2D eigenvalue weighted by atomic mass is 10.0. The highest BCUT2D eigenvalue weighted by molar-refractivity contribution is 6.31. The summed E-state index contributed by atoms with van der Waals surface area (Å²) in [4.78, 5) is 4.60. The molecule has 0 unspecified atom stereocenters. The molecule has 0 saturated heterocycles. The van der Waals surface area contributed by atoms with Gasteiger partial charge in [0.1, 0.15) is 5.82 Å². The quantitative estimate of drug-likeness (QED) is 0.816. The summed E-state index contributed by atoms with van der Waals surface area (Å²) in [6.45, 7) is 2.26. The first-order chi connectivity index (χ1) is 7.61. The highest BCUT2D eigenvalue weighted by atomic mass is 35.5. The van der Waals surface area contributed by atoms with Crippen LogP contribution < -0.4 is 5.90 Å². The van der Waals surface area contributed by atoms with Gasteiger partial charge in [0, 0.05) is 0 Å². The zero-order valence-corrected chi connectivity index (χ0v) is 9.51. The normalized spacial score (nSPS) is 11.0. The largest absolute Gasteiger partial charge is 0.300 e. The van der Waals surface area contributed by atoms with Gasteiger partial charge in [-0.15, -0.1) is 0 Å². The van der Waals surface area contributed by atoms with Gasteiger partial charge in [-0.3, -0.25) is 4.84 Å². The minimum atomic E-state index is -0.406. The van der Waals surface area contributed by atoms with E-state index in [0.717, 1.165) is 21.9 Å². The number of fused-ring (bicyclic) bond motifs is 1. The van der Waals surface area contributed by atoms with Crippen molar-refractivity contribution in [2.24, 2.45) is 5.90 Å². The van der Waals surface area contributed by atoms with Crippen molar-refractivity contribution in [1.29, 1.82) is 0 Å². The van der Waals surface area contributed by atoms with Crippen LogP contribution in [0.4, 0.5) is 4.39 Å². The lowest BCUT2D eigenvalue weighted by Gasteiger charge is -2.07. The van der Waals surface area contributed by atoms with Gasteiger partial charge < -0.3 is 0 Å². The fourth-order valence-electron chi connectivity index (χ4n) is 1.70. The summed E-state index contributed by atoms with van der Waals surface area (Å²) in [6.07, 6.45) is 0. The first-order valence-electron chi connectivity index (χ1n) is 4.82. The SMILES string of the molecule is Cc1cc2cc(F)c(Cl)cc2cc1CON. The smallest absolute Gasteiger partial charge is 0.142 e. The van der Waals surface area contributed by atoms with Crippen LogP contribution in [0, 0.1) is 12.7 Å². The molecule has 84 valence electrons. The number of halogens is 2. The van der Waals surface area contributed by atoms with Crippen molar-refractivity contribution >= 4 is 22.4 Å².